The van der Waals surface area contributed by atoms with Crippen LogP contribution in [0.1, 0.15) is 16.6 Å². The van der Waals surface area contributed by atoms with Crippen molar-refractivity contribution in [1.82, 2.24) is 4.98 Å². The second-order valence-electron chi connectivity index (χ2n) is 4.00. The zero-order valence-corrected chi connectivity index (χ0v) is 14.0. The van der Waals surface area contributed by atoms with E-state index in [9.17, 15) is 9.59 Å². The van der Waals surface area contributed by atoms with E-state index in [2.05, 4.69) is 26.2 Å². The first-order chi connectivity index (χ1) is 9.95. The number of rotatable bonds is 4. The number of carbonyl (C=O) groups excluding carboxylic acids is 2. The van der Waals surface area contributed by atoms with E-state index < -0.39 is 18.0 Å². The van der Waals surface area contributed by atoms with Crippen LogP contribution in [0.15, 0.2) is 34.2 Å². The molecular formula is C13H10BrClN2O3S. The summed E-state index contributed by atoms with van der Waals surface area (Å²) in [6.45, 7) is 1.49. The van der Waals surface area contributed by atoms with Crippen LogP contribution in [0.2, 0.25) is 5.02 Å². The van der Waals surface area contributed by atoms with E-state index in [1.165, 1.54) is 24.5 Å². The molecule has 0 aromatic carbocycles. The van der Waals surface area contributed by atoms with Crippen LogP contribution in [-0.2, 0) is 9.53 Å². The lowest BCUT2D eigenvalue weighted by Crippen LogP contribution is -2.30. The minimum atomic E-state index is -0.934. The van der Waals surface area contributed by atoms with E-state index in [0.717, 1.165) is 3.79 Å². The molecule has 110 valence electrons. The number of nitrogens with one attached hydrogen (secondary N) is 1. The summed E-state index contributed by atoms with van der Waals surface area (Å²) in [5, 5.41) is 3.01. The van der Waals surface area contributed by atoms with E-state index in [0.29, 0.717) is 15.7 Å². The molecule has 0 aliphatic heterocycles. The summed E-state index contributed by atoms with van der Waals surface area (Å²) in [7, 11) is 0. The number of aromatic nitrogens is 1. The van der Waals surface area contributed by atoms with E-state index in [-0.39, 0.29) is 0 Å². The Morgan fingerprint density at radius 3 is 2.71 bits per heavy atom. The molecule has 2 rings (SSSR count). The molecule has 0 saturated carbocycles. The quantitative estimate of drug-likeness (QED) is 0.809. The van der Waals surface area contributed by atoms with Crippen molar-refractivity contribution in [3.8, 4) is 0 Å². The monoisotopic (exact) mass is 388 g/mol. The van der Waals surface area contributed by atoms with Crippen LogP contribution < -0.4 is 5.32 Å². The standard InChI is InChI=1S/C13H10BrClN2O3S/c1-7(20-13(19)9-3-4-10(14)21-9)12(18)17-11-5-2-8(15)6-16-11/h2-7H,1H3,(H,16,17,18). The number of ether oxygens (including phenoxy) is 1. The molecule has 0 radical (unpaired) electrons. The lowest BCUT2D eigenvalue weighted by atomic mass is 10.3. The number of nitrogens with zero attached hydrogens (tertiary/aromatic N) is 1. The van der Waals surface area contributed by atoms with Gasteiger partial charge in [-0.05, 0) is 47.1 Å². The molecule has 0 aliphatic rings. The first-order valence-corrected chi connectivity index (χ1v) is 7.83. The molecule has 0 spiro atoms. The van der Waals surface area contributed by atoms with Gasteiger partial charge >= 0.3 is 5.97 Å². The SMILES string of the molecule is CC(OC(=O)c1ccc(Br)s1)C(=O)Nc1ccc(Cl)cn1. The number of anilines is 1. The maximum absolute atomic E-state index is 11.9. The highest BCUT2D eigenvalue weighted by molar-refractivity contribution is 9.11. The summed E-state index contributed by atoms with van der Waals surface area (Å²) in [5.74, 6) is -0.669. The van der Waals surface area contributed by atoms with E-state index >= 15 is 0 Å². The Bertz CT molecular complexity index is 660. The number of thiophene rings is 1. The average Bonchev–Trinajstić information content (AvgIpc) is 2.88. The fraction of sp³-hybridized carbons (Fsp3) is 0.154. The molecule has 2 aromatic heterocycles. The Balaban J connectivity index is 1.93. The van der Waals surface area contributed by atoms with Crippen LogP contribution in [-0.4, -0.2) is 23.0 Å². The summed E-state index contributed by atoms with van der Waals surface area (Å²) in [6.07, 6.45) is 0.479. The maximum atomic E-state index is 11.9. The smallest absolute Gasteiger partial charge is 0.349 e. The Morgan fingerprint density at radius 1 is 1.38 bits per heavy atom. The molecule has 5 nitrogen and oxygen atoms in total. The number of hydrogen-bond acceptors (Lipinski definition) is 5. The van der Waals surface area contributed by atoms with E-state index in [1.807, 2.05) is 0 Å². The normalized spacial score (nSPS) is 11.8. The largest absolute Gasteiger partial charge is 0.448 e. The van der Waals surface area contributed by atoms with Crippen molar-refractivity contribution >= 4 is 56.6 Å². The Kier molecular flexibility index (Phi) is 5.33. The maximum Gasteiger partial charge on any atom is 0.349 e. The second kappa shape index (κ2) is 7.02. The molecule has 21 heavy (non-hydrogen) atoms. The second-order valence-corrected chi connectivity index (χ2v) is 6.90. The third kappa shape index (κ3) is 4.52. The third-order valence-electron chi connectivity index (χ3n) is 2.41. The Morgan fingerprint density at radius 2 is 2.14 bits per heavy atom. The Labute approximate surface area is 138 Å². The summed E-state index contributed by atoms with van der Waals surface area (Å²) in [5.41, 5.74) is 0. The van der Waals surface area contributed by atoms with Crippen molar-refractivity contribution in [1.29, 1.82) is 0 Å². The molecule has 0 aliphatic carbocycles. The minimum absolute atomic E-state index is 0.339. The first kappa shape index (κ1) is 15.9. The molecule has 1 N–H and O–H groups in total. The molecule has 0 fully saturated rings. The van der Waals surface area contributed by atoms with Crippen molar-refractivity contribution in [2.24, 2.45) is 0 Å². The zero-order chi connectivity index (χ0) is 15.4. The number of pyridine rings is 1. The van der Waals surface area contributed by atoms with Crippen LogP contribution in [0, 0.1) is 0 Å². The van der Waals surface area contributed by atoms with Gasteiger partial charge in [0.15, 0.2) is 6.10 Å². The van der Waals surface area contributed by atoms with Crippen LogP contribution >= 0.6 is 38.9 Å². The fourth-order valence-electron chi connectivity index (χ4n) is 1.37. The molecule has 0 bridgehead atoms. The first-order valence-electron chi connectivity index (χ1n) is 5.84. The minimum Gasteiger partial charge on any atom is -0.448 e. The highest BCUT2D eigenvalue weighted by atomic mass is 79.9. The van der Waals surface area contributed by atoms with Gasteiger partial charge in [0.1, 0.15) is 10.7 Å². The van der Waals surface area contributed by atoms with Crippen LogP contribution in [0.5, 0.6) is 0 Å². The number of carbonyl (C=O) groups is 2. The summed E-state index contributed by atoms with van der Waals surface area (Å²) >= 11 is 10.2. The van der Waals surface area contributed by atoms with Gasteiger partial charge in [0, 0.05) is 6.20 Å². The van der Waals surface area contributed by atoms with Gasteiger partial charge in [-0.2, -0.15) is 0 Å². The fourth-order valence-corrected chi connectivity index (χ4v) is 2.75. The number of esters is 1. The highest BCUT2D eigenvalue weighted by Crippen LogP contribution is 2.23. The molecule has 1 unspecified atom stereocenters. The van der Waals surface area contributed by atoms with Gasteiger partial charge in [-0.25, -0.2) is 9.78 Å². The molecule has 1 atom stereocenters. The van der Waals surface area contributed by atoms with Crippen LogP contribution in [0.4, 0.5) is 5.82 Å². The third-order valence-corrected chi connectivity index (χ3v) is 4.23. The van der Waals surface area contributed by atoms with Crippen molar-refractivity contribution in [2.75, 3.05) is 5.32 Å². The van der Waals surface area contributed by atoms with Gasteiger partial charge in [0.2, 0.25) is 0 Å². The van der Waals surface area contributed by atoms with Crippen molar-refractivity contribution < 1.29 is 14.3 Å². The summed E-state index contributed by atoms with van der Waals surface area (Å²) < 4.78 is 5.91. The number of amides is 1. The lowest BCUT2D eigenvalue weighted by Gasteiger charge is -2.12. The van der Waals surface area contributed by atoms with Gasteiger partial charge in [0.05, 0.1) is 8.81 Å². The average molecular weight is 390 g/mol. The topological polar surface area (TPSA) is 68.3 Å². The van der Waals surface area contributed by atoms with Crippen molar-refractivity contribution in [3.63, 3.8) is 0 Å². The summed E-state index contributed by atoms with van der Waals surface area (Å²) in [6, 6.07) is 6.53. The molecule has 2 heterocycles. The predicted molar refractivity (Wildman–Crippen MR) is 84.8 cm³/mol. The lowest BCUT2D eigenvalue weighted by molar-refractivity contribution is -0.123. The van der Waals surface area contributed by atoms with Gasteiger partial charge < -0.3 is 10.1 Å². The highest BCUT2D eigenvalue weighted by Gasteiger charge is 2.20. The van der Waals surface area contributed by atoms with E-state index in [1.54, 1.807) is 24.3 Å². The zero-order valence-electron chi connectivity index (χ0n) is 10.8. The van der Waals surface area contributed by atoms with Crippen LogP contribution in [0.3, 0.4) is 0 Å². The summed E-state index contributed by atoms with van der Waals surface area (Å²) in [4.78, 5) is 28.1. The van der Waals surface area contributed by atoms with Crippen LogP contribution in [0.25, 0.3) is 0 Å². The molecular weight excluding hydrogens is 380 g/mol. The van der Waals surface area contributed by atoms with Crippen molar-refractivity contribution in [2.45, 2.75) is 13.0 Å². The van der Waals surface area contributed by atoms with Gasteiger partial charge in [-0.1, -0.05) is 11.6 Å². The Hall–Kier alpha value is -1.44. The molecule has 2 aromatic rings. The molecule has 8 heteroatoms. The molecule has 0 saturated heterocycles. The number of halogens is 2. The van der Waals surface area contributed by atoms with Gasteiger partial charge in [-0.3, -0.25) is 4.79 Å². The van der Waals surface area contributed by atoms with Gasteiger partial charge in [-0.15, -0.1) is 11.3 Å². The predicted octanol–water partition coefficient (Wildman–Crippen LogP) is 3.74. The molecule has 1 amide bonds. The van der Waals surface area contributed by atoms with E-state index in [4.69, 9.17) is 16.3 Å². The van der Waals surface area contributed by atoms with Gasteiger partial charge in [0.25, 0.3) is 5.91 Å². The number of hydrogen-bond donors (Lipinski definition) is 1. The van der Waals surface area contributed by atoms with Crippen molar-refractivity contribution in [3.05, 3.63) is 44.1 Å².